The summed E-state index contributed by atoms with van der Waals surface area (Å²) >= 11 is 0. The van der Waals surface area contributed by atoms with Crippen molar-refractivity contribution in [2.75, 3.05) is 56.1 Å². The van der Waals surface area contributed by atoms with Crippen LogP contribution in [0.4, 0.5) is 17.1 Å². The van der Waals surface area contributed by atoms with Gasteiger partial charge in [0.15, 0.2) is 11.5 Å². The summed E-state index contributed by atoms with van der Waals surface area (Å²) in [5.74, 6) is 0.958. The van der Waals surface area contributed by atoms with Gasteiger partial charge in [0.05, 0.1) is 32.7 Å². The Labute approximate surface area is 274 Å². The molecule has 10 nitrogen and oxygen atoms in total. The lowest BCUT2D eigenvalue weighted by Gasteiger charge is -2.44. The largest absolute Gasteiger partial charge is 0.493 e. The molecule has 1 fully saturated rings. The number of hydrogen-bond donors (Lipinski definition) is 1. The van der Waals surface area contributed by atoms with E-state index in [9.17, 15) is 14.4 Å². The molecule has 4 aromatic rings. The Morgan fingerprint density at radius 2 is 1.62 bits per heavy atom. The fraction of sp³-hybridized carbons (Fsp3) is 0.324. The van der Waals surface area contributed by atoms with E-state index in [1.165, 1.54) is 21.3 Å². The highest BCUT2D eigenvalue weighted by molar-refractivity contribution is 6.10. The molecule has 0 unspecified atom stereocenters. The molecular weight excluding hydrogens is 596 g/mol. The molecule has 2 aliphatic rings. The number of rotatable bonds is 9. The topological polar surface area (TPSA) is 102 Å². The number of anilines is 3. The van der Waals surface area contributed by atoms with E-state index in [1.807, 2.05) is 66.9 Å². The predicted molar refractivity (Wildman–Crippen MR) is 183 cm³/mol. The molecule has 3 aromatic carbocycles. The fourth-order valence-electron chi connectivity index (χ4n) is 6.94. The summed E-state index contributed by atoms with van der Waals surface area (Å²) in [4.78, 5) is 44.5. The van der Waals surface area contributed by atoms with Crippen molar-refractivity contribution in [1.82, 2.24) is 4.57 Å². The SMILES string of the molecule is CCN(C(=O)c1ccc(N2C[C@H]3C[C@@H](C2)c2cccc(=O)n2C3)c(NC(=O)c2cc(OC)c(OC)c(OC)c2)c1)c1cccc(C)c1. The number of benzene rings is 3. The number of nitrogens with one attached hydrogen (secondary N) is 1. The number of aromatic nitrogens is 1. The maximum absolute atomic E-state index is 14.0. The zero-order chi connectivity index (χ0) is 33.2. The smallest absolute Gasteiger partial charge is 0.258 e. The Kier molecular flexibility index (Phi) is 8.93. The van der Waals surface area contributed by atoms with Crippen LogP contribution >= 0.6 is 0 Å². The molecule has 10 heteroatoms. The maximum Gasteiger partial charge on any atom is 0.258 e. The van der Waals surface area contributed by atoms with Crippen LogP contribution in [0, 0.1) is 12.8 Å². The summed E-state index contributed by atoms with van der Waals surface area (Å²) in [5.41, 5.74) is 5.00. The van der Waals surface area contributed by atoms with Crippen LogP contribution in [0.3, 0.4) is 0 Å². The summed E-state index contributed by atoms with van der Waals surface area (Å²) in [7, 11) is 4.51. The van der Waals surface area contributed by atoms with Crippen molar-refractivity contribution < 1.29 is 23.8 Å². The van der Waals surface area contributed by atoms with Gasteiger partial charge in [-0.15, -0.1) is 0 Å². The number of pyridine rings is 1. The number of piperidine rings is 1. The van der Waals surface area contributed by atoms with Crippen molar-refractivity contribution in [2.45, 2.75) is 32.7 Å². The fourth-order valence-corrected chi connectivity index (χ4v) is 6.94. The number of amides is 2. The Morgan fingerprint density at radius 3 is 2.30 bits per heavy atom. The highest BCUT2D eigenvalue weighted by Gasteiger charge is 2.35. The van der Waals surface area contributed by atoms with Gasteiger partial charge in [-0.1, -0.05) is 18.2 Å². The number of carbonyl (C=O) groups is 2. The summed E-state index contributed by atoms with van der Waals surface area (Å²) in [5, 5.41) is 3.10. The molecule has 2 bridgehead atoms. The van der Waals surface area contributed by atoms with Crippen molar-refractivity contribution in [3.8, 4) is 17.2 Å². The first-order valence-corrected chi connectivity index (χ1v) is 15.8. The summed E-state index contributed by atoms with van der Waals surface area (Å²) < 4.78 is 18.3. The predicted octanol–water partition coefficient (Wildman–Crippen LogP) is 5.73. The number of nitrogens with zero attached hydrogens (tertiary/aromatic N) is 3. The first kappa shape index (κ1) is 31.7. The highest BCUT2D eigenvalue weighted by atomic mass is 16.5. The van der Waals surface area contributed by atoms with Crippen LogP contribution in [0.5, 0.6) is 17.2 Å². The van der Waals surface area contributed by atoms with Crippen LogP contribution in [0.15, 0.2) is 77.6 Å². The zero-order valence-electron chi connectivity index (χ0n) is 27.4. The third-order valence-electron chi connectivity index (χ3n) is 9.11. The van der Waals surface area contributed by atoms with E-state index in [2.05, 4.69) is 10.2 Å². The first-order valence-electron chi connectivity index (χ1n) is 15.8. The Hall–Kier alpha value is -5.25. The lowest BCUT2D eigenvalue weighted by atomic mass is 9.83. The van der Waals surface area contributed by atoms with Gasteiger partial charge in [0.2, 0.25) is 5.75 Å². The van der Waals surface area contributed by atoms with Crippen molar-refractivity contribution in [1.29, 1.82) is 0 Å². The number of ether oxygens (including phenoxy) is 3. The molecule has 0 radical (unpaired) electrons. The number of fused-ring (bicyclic) bond motifs is 4. The van der Waals surface area contributed by atoms with Gasteiger partial charge in [-0.05, 0) is 80.3 Å². The monoisotopic (exact) mass is 636 g/mol. The maximum atomic E-state index is 14.0. The molecule has 1 aromatic heterocycles. The standard InChI is InChI=1S/C37H40N4O6/c1-6-40(28-10-7-9-23(2)15-28)37(44)25-13-14-31(39-20-24-16-27(22-39)30-11-8-12-34(42)41(30)21-24)29(17-25)38-36(43)26-18-32(45-3)35(47-5)33(19-26)46-4/h7-15,17-19,24,27H,6,16,20-22H2,1-5H3,(H,38,43)/t24-,27+/m1/s1. The van der Waals surface area contributed by atoms with E-state index in [-0.39, 0.29) is 23.3 Å². The Morgan fingerprint density at radius 1 is 0.872 bits per heavy atom. The van der Waals surface area contributed by atoms with Gasteiger partial charge in [0, 0.05) is 60.7 Å². The minimum Gasteiger partial charge on any atom is -0.493 e. The van der Waals surface area contributed by atoms with Gasteiger partial charge >= 0.3 is 0 Å². The van der Waals surface area contributed by atoms with E-state index in [1.54, 1.807) is 29.2 Å². The van der Waals surface area contributed by atoms with Gasteiger partial charge in [-0.2, -0.15) is 0 Å². The molecule has 2 atom stereocenters. The second-order valence-electron chi connectivity index (χ2n) is 12.1. The molecule has 0 saturated carbocycles. The molecule has 1 N–H and O–H groups in total. The normalized spacial score (nSPS) is 16.6. The molecule has 47 heavy (non-hydrogen) atoms. The molecule has 0 aliphatic carbocycles. The van der Waals surface area contributed by atoms with E-state index >= 15 is 0 Å². The minimum atomic E-state index is -0.393. The third-order valence-corrected chi connectivity index (χ3v) is 9.11. The van der Waals surface area contributed by atoms with Crippen LogP contribution in [0.2, 0.25) is 0 Å². The molecule has 1 saturated heterocycles. The van der Waals surface area contributed by atoms with Crippen LogP contribution in [0.25, 0.3) is 0 Å². The van der Waals surface area contributed by atoms with Crippen molar-refractivity contribution >= 4 is 28.9 Å². The number of methoxy groups -OCH3 is 3. The average Bonchev–Trinajstić information content (AvgIpc) is 3.08. The Balaban J connectivity index is 1.39. The molecule has 2 amide bonds. The number of aryl methyl sites for hydroxylation is 1. The van der Waals surface area contributed by atoms with Crippen molar-refractivity contribution in [3.05, 3.63) is 106 Å². The summed E-state index contributed by atoms with van der Waals surface area (Å²) in [6, 6.07) is 22.0. The summed E-state index contributed by atoms with van der Waals surface area (Å²) in [6.07, 6.45) is 0.992. The van der Waals surface area contributed by atoms with Gasteiger partial charge in [-0.3, -0.25) is 14.4 Å². The first-order chi connectivity index (χ1) is 22.7. The van der Waals surface area contributed by atoms with Gasteiger partial charge in [0.1, 0.15) is 0 Å². The van der Waals surface area contributed by atoms with Gasteiger partial charge < -0.3 is 33.9 Å². The van der Waals surface area contributed by atoms with Crippen molar-refractivity contribution in [3.63, 3.8) is 0 Å². The second-order valence-corrected chi connectivity index (χ2v) is 12.1. The van der Waals surface area contributed by atoms with Crippen LogP contribution < -0.4 is 34.9 Å². The van der Waals surface area contributed by atoms with Gasteiger partial charge in [0.25, 0.3) is 17.4 Å². The second kappa shape index (κ2) is 13.2. The lowest BCUT2D eigenvalue weighted by Crippen LogP contribution is -2.47. The number of hydrogen-bond acceptors (Lipinski definition) is 7. The van der Waals surface area contributed by atoms with Crippen LogP contribution in [-0.2, 0) is 6.54 Å². The van der Waals surface area contributed by atoms with Gasteiger partial charge in [-0.25, -0.2) is 0 Å². The zero-order valence-corrected chi connectivity index (χ0v) is 27.4. The van der Waals surface area contributed by atoms with E-state index in [0.717, 1.165) is 29.1 Å². The number of carbonyl (C=O) groups excluding carboxylic acids is 2. The Bertz CT molecular complexity index is 1860. The molecule has 0 spiro atoms. The summed E-state index contributed by atoms with van der Waals surface area (Å²) in [6.45, 7) is 6.44. The van der Waals surface area contributed by atoms with E-state index in [0.29, 0.717) is 60.2 Å². The minimum absolute atomic E-state index is 0.0286. The molecule has 6 rings (SSSR count). The molecule has 244 valence electrons. The third kappa shape index (κ3) is 6.15. The average molecular weight is 637 g/mol. The van der Waals surface area contributed by atoms with E-state index in [4.69, 9.17) is 14.2 Å². The van der Waals surface area contributed by atoms with Crippen LogP contribution in [0.1, 0.15) is 51.2 Å². The molecule has 2 aliphatic heterocycles. The quantitative estimate of drug-likeness (QED) is 0.251. The van der Waals surface area contributed by atoms with E-state index < -0.39 is 5.91 Å². The van der Waals surface area contributed by atoms with Crippen molar-refractivity contribution in [2.24, 2.45) is 5.92 Å². The molecular formula is C37H40N4O6. The lowest BCUT2D eigenvalue weighted by molar-refractivity contribution is 0.0985. The highest BCUT2D eigenvalue weighted by Crippen LogP contribution is 2.41. The van der Waals surface area contributed by atoms with Crippen LogP contribution in [-0.4, -0.2) is 57.3 Å². The molecule has 3 heterocycles.